The number of esters is 1. The summed E-state index contributed by atoms with van der Waals surface area (Å²) in [7, 11) is 0. The Balaban J connectivity index is 1.70. The van der Waals surface area contributed by atoms with Crippen LogP contribution in [0.5, 0.6) is 0 Å². The van der Waals surface area contributed by atoms with Crippen molar-refractivity contribution in [2.24, 2.45) is 4.99 Å². The summed E-state index contributed by atoms with van der Waals surface area (Å²) >= 11 is -1.62. The molecule has 2 unspecified atom stereocenters. The third-order valence-corrected chi connectivity index (χ3v) is 8.14. The summed E-state index contributed by atoms with van der Waals surface area (Å²) in [4.78, 5) is 43.9. The maximum absolute atomic E-state index is 13.2. The molecule has 230 valence electrons. The van der Waals surface area contributed by atoms with E-state index in [1.807, 2.05) is 32.9 Å². The molecule has 2 amide bonds. The Kier molecular flexibility index (Phi) is 11.3. The van der Waals surface area contributed by atoms with Gasteiger partial charge in [-0.15, -0.1) is 11.3 Å². The summed E-state index contributed by atoms with van der Waals surface area (Å²) in [5.41, 5.74) is 0.242. The van der Waals surface area contributed by atoms with E-state index < -0.39 is 34.8 Å². The summed E-state index contributed by atoms with van der Waals surface area (Å²) in [6.45, 7) is 12.3. The first-order valence-corrected chi connectivity index (χ1v) is 15.7. The number of ether oxygens (including phenoxy) is 1. The van der Waals surface area contributed by atoms with Crippen LogP contribution in [0.1, 0.15) is 74.5 Å². The van der Waals surface area contributed by atoms with Crippen LogP contribution < -0.4 is 20.3 Å². The molecule has 0 saturated carbocycles. The highest BCUT2D eigenvalue weighted by molar-refractivity contribution is 7.80. The second kappa shape index (κ2) is 14.3. The molecule has 0 radical (unpaired) electrons. The fraction of sp³-hybridized carbons (Fsp3) is 0.517. The van der Waals surface area contributed by atoms with Crippen molar-refractivity contribution in [3.05, 3.63) is 51.7 Å². The number of carbonyl (C=O) groups excluding carboxylic acids is 3. The smallest absolute Gasteiger partial charge is 0.332 e. The molecule has 3 rings (SSSR count). The molecule has 42 heavy (non-hydrogen) atoms. The number of carbonyl (C=O) groups is 3. The van der Waals surface area contributed by atoms with Crippen molar-refractivity contribution in [3.8, 4) is 0 Å². The van der Waals surface area contributed by atoms with Crippen LogP contribution in [0.4, 0.5) is 5.69 Å². The van der Waals surface area contributed by atoms with Gasteiger partial charge in [-0.05, 0) is 68.9 Å². The molecular weight excluding hydrogens is 578 g/mol. The molecule has 2 aromatic rings. The Hall–Kier alpha value is -3.29. The van der Waals surface area contributed by atoms with E-state index in [2.05, 4.69) is 20.9 Å². The summed E-state index contributed by atoms with van der Waals surface area (Å²) in [6, 6.07) is 8.95. The Bertz CT molecular complexity index is 1310. The van der Waals surface area contributed by atoms with Crippen molar-refractivity contribution in [3.63, 3.8) is 0 Å². The van der Waals surface area contributed by atoms with E-state index in [1.54, 1.807) is 45.0 Å². The fourth-order valence-electron chi connectivity index (χ4n) is 4.07. The van der Waals surface area contributed by atoms with Gasteiger partial charge >= 0.3 is 5.97 Å². The fourth-order valence-corrected chi connectivity index (χ4v) is 5.65. The van der Waals surface area contributed by atoms with Crippen molar-refractivity contribution in [2.75, 3.05) is 23.9 Å². The highest BCUT2D eigenvalue weighted by atomic mass is 32.2. The molecular formula is C29H40N5O6S2-. The molecule has 0 aliphatic carbocycles. The van der Waals surface area contributed by atoms with Crippen molar-refractivity contribution in [2.45, 2.75) is 77.9 Å². The predicted octanol–water partition coefficient (Wildman–Crippen LogP) is 3.18. The van der Waals surface area contributed by atoms with Crippen LogP contribution in [-0.2, 0) is 37.4 Å². The highest BCUT2D eigenvalue weighted by Crippen LogP contribution is 2.27. The molecule has 1 aliphatic heterocycles. The first-order chi connectivity index (χ1) is 19.6. The van der Waals surface area contributed by atoms with E-state index in [4.69, 9.17) is 4.74 Å². The van der Waals surface area contributed by atoms with Crippen LogP contribution in [0.2, 0.25) is 0 Å². The van der Waals surface area contributed by atoms with Crippen LogP contribution in [0.3, 0.4) is 0 Å². The zero-order chi connectivity index (χ0) is 31.1. The SMILES string of the molecule is CC(C)(C)OC(=O)C(CNC(=O)c1ccc(CCC(=O)NC2=NCCCN2)s1)N(c1ccc(C(C)(C)C)cc1)S(=O)[O-]. The van der Waals surface area contributed by atoms with E-state index in [1.165, 1.54) is 11.3 Å². The van der Waals surface area contributed by atoms with Gasteiger partial charge in [-0.1, -0.05) is 32.9 Å². The third-order valence-electron chi connectivity index (χ3n) is 6.21. The van der Waals surface area contributed by atoms with Gasteiger partial charge in [0.15, 0.2) is 12.0 Å². The number of thiophene rings is 1. The number of guanidine groups is 1. The van der Waals surface area contributed by atoms with E-state index in [9.17, 15) is 23.1 Å². The maximum atomic E-state index is 13.2. The molecule has 2 atom stereocenters. The minimum absolute atomic E-state index is 0.150. The van der Waals surface area contributed by atoms with Crippen LogP contribution in [-0.4, -0.2) is 63.8 Å². The molecule has 0 saturated heterocycles. The van der Waals surface area contributed by atoms with Crippen molar-refractivity contribution >= 4 is 52.0 Å². The zero-order valence-corrected chi connectivity index (χ0v) is 26.6. The molecule has 0 fully saturated rings. The molecule has 0 bridgehead atoms. The summed E-state index contributed by atoms with van der Waals surface area (Å²) in [6.07, 6.45) is 1.58. The van der Waals surface area contributed by atoms with E-state index in [0.717, 1.165) is 27.7 Å². The maximum Gasteiger partial charge on any atom is 0.332 e. The summed E-state index contributed by atoms with van der Waals surface area (Å²) < 4.78 is 31.3. The Morgan fingerprint density at radius 2 is 1.81 bits per heavy atom. The molecule has 1 aromatic carbocycles. The molecule has 2 heterocycles. The second-order valence-electron chi connectivity index (χ2n) is 11.9. The monoisotopic (exact) mass is 618 g/mol. The van der Waals surface area contributed by atoms with Gasteiger partial charge in [0.05, 0.1) is 11.4 Å². The molecule has 0 spiro atoms. The number of hydrogen-bond acceptors (Lipinski definition) is 9. The Morgan fingerprint density at radius 3 is 2.38 bits per heavy atom. The van der Waals surface area contributed by atoms with Crippen LogP contribution in [0.15, 0.2) is 41.4 Å². The minimum Gasteiger partial charge on any atom is -0.755 e. The lowest BCUT2D eigenvalue weighted by atomic mass is 9.87. The molecule has 1 aromatic heterocycles. The first kappa shape index (κ1) is 33.2. The number of nitrogens with zero attached hydrogens (tertiary/aromatic N) is 2. The summed E-state index contributed by atoms with van der Waals surface area (Å²) in [5, 5.41) is 8.48. The molecule has 1 aliphatic rings. The largest absolute Gasteiger partial charge is 0.755 e. The quantitative estimate of drug-likeness (QED) is 0.273. The highest BCUT2D eigenvalue weighted by Gasteiger charge is 2.33. The van der Waals surface area contributed by atoms with Gasteiger partial charge in [0.2, 0.25) is 5.91 Å². The van der Waals surface area contributed by atoms with Crippen LogP contribution >= 0.6 is 11.3 Å². The van der Waals surface area contributed by atoms with Gasteiger partial charge in [0.25, 0.3) is 5.91 Å². The standard InChI is InChI=1S/C29H41N5O6S2/c1-28(2,3)19-8-10-20(11-9-19)34(42(38)39)22(26(37)40-29(4,5)6)18-32-25(36)23-14-12-21(41-23)13-15-24(35)33-27-30-16-7-17-31-27/h8-12,14,22H,7,13,15-18H2,1-6H3,(H,32,36)(H,38,39)(H2,30,31,33,35)/p-1. The van der Waals surface area contributed by atoms with E-state index in [-0.39, 0.29) is 30.0 Å². The number of rotatable bonds is 10. The lowest BCUT2D eigenvalue weighted by Gasteiger charge is -2.35. The average Bonchev–Trinajstić information content (AvgIpc) is 3.38. The van der Waals surface area contributed by atoms with Gasteiger partial charge in [-0.3, -0.25) is 28.4 Å². The minimum atomic E-state index is -2.84. The number of benzene rings is 1. The van der Waals surface area contributed by atoms with Gasteiger partial charge in [0, 0.05) is 41.3 Å². The Morgan fingerprint density at radius 1 is 1.12 bits per heavy atom. The predicted molar refractivity (Wildman–Crippen MR) is 164 cm³/mol. The molecule has 13 heteroatoms. The van der Waals surface area contributed by atoms with Crippen LogP contribution in [0.25, 0.3) is 0 Å². The summed E-state index contributed by atoms with van der Waals surface area (Å²) in [5.74, 6) is -0.953. The van der Waals surface area contributed by atoms with Gasteiger partial charge in [-0.25, -0.2) is 4.79 Å². The van der Waals surface area contributed by atoms with E-state index in [0.29, 0.717) is 23.8 Å². The second-order valence-corrected chi connectivity index (χ2v) is 13.9. The number of nitrogens with one attached hydrogen (secondary N) is 3. The topological polar surface area (TPSA) is 152 Å². The Labute approximate surface area is 253 Å². The van der Waals surface area contributed by atoms with Crippen molar-refractivity contribution < 1.29 is 27.9 Å². The number of anilines is 1. The number of amides is 2. The van der Waals surface area contributed by atoms with Crippen molar-refractivity contribution in [1.29, 1.82) is 0 Å². The van der Waals surface area contributed by atoms with Gasteiger partial charge < -0.3 is 19.9 Å². The number of hydrogen-bond donors (Lipinski definition) is 3. The number of aliphatic imine (C=N–C) groups is 1. The number of aryl methyl sites for hydroxylation is 1. The van der Waals surface area contributed by atoms with Gasteiger partial charge in [0.1, 0.15) is 5.60 Å². The lowest BCUT2D eigenvalue weighted by molar-refractivity contribution is -0.156. The third kappa shape index (κ3) is 9.92. The molecule has 11 nitrogen and oxygen atoms in total. The zero-order valence-electron chi connectivity index (χ0n) is 24.9. The average molecular weight is 619 g/mol. The van der Waals surface area contributed by atoms with Gasteiger partial charge in [-0.2, -0.15) is 0 Å². The lowest BCUT2D eigenvalue weighted by Crippen LogP contribution is -2.51. The first-order valence-electron chi connectivity index (χ1n) is 13.8. The van der Waals surface area contributed by atoms with Crippen LogP contribution in [0, 0.1) is 0 Å². The normalized spacial score (nSPS) is 15.1. The van der Waals surface area contributed by atoms with E-state index >= 15 is 0 Å². The van der Waals surface area contributed by atoms with Crippen molar-refractivity contribution in [1.82, 2.24) is 16.0 Å². The molecule has 3 N–H and O–H groups in total.